The van der Waals surface area contributed by atoms with Crippen LogP contribution in [0, 0.1) is 5.41 Å². The summed E-state index contributed by atoms with van der Waals surface area (Å²) in [4.78, 5) is 13.2. The van der Waals surface area contributed by atoms with Crippen LogP contribution < -0.4 is 10.6 Å². The molecule has 3 N–H and O–H groups in total. The SMILES string of the molecule is N=C(N)N1CCC(c2nc(-c3ccc(N4CCCCC4)nc3)no2)C1. The average molecular weight is 341 g/mol. The van der Waals surface area contributed by atoms with Gasteiger partial charge in [-0.25, -0.2) is 4.98 Å². The molecule has 0 amide bonds. The van der Waals surface area contributed by atoms with Gasteiger partial charge in [0.25, 0.3) is 0 Å². The van der Waals surface area contributed by atoms with E-state index in [1.807, 2.05) is 23.2 Å². The third-order valence-corrected chi connectivity index (χ3v) is 5.01. The lowest BCUT2D eigenvalue weighted by Crippen LogP contribution is -2.34. The number of nitrogens with one attached hydrogen (secondary N) is 1. The first-order chi connectivity index (χ1) is 12.2. The maximum atomic E-state index is 7.51. The summed E-state index contributed by atoms with van der Waals surface area (Å²) in [5, 5.41) is 11.6. The monoisotopic (exact) mass is 341 g/mol. The molecular weight excluding hydrogens is 318 g/mol. The highest BCUT2D eigenvalue weighted by Gasteiger charge is 2.29. The van der Waals surface area contributed by atoms with E-state index in [-0.39, 0.29) is 11.9 Å². The summed E-state index contributed by atoms with van der Waals surface area (Å²) >= 11 is 0. The van der Waals surface area contributed by atoms with Crippen LogP contribution in [0.4, 0.5) is 5.82 Å². The van der Waals surface area contributed by atoms with Crippen LogP contribution in [0.1, 0.15) is 37.5 Å². The van der Waals surface area contributed by atoms with Gasteiger partial charge in [0, 0.05) is 37.9 Å². The van der Waals surface area contributed by atoms with E-state index in [1.165, 1.54) is 19.3 Å². The Balaban J connectivity index is 1.46. The fraction of sp³-hybridized carbons (Fsp3) is 0.529. The minimum atomic E-state index is 0.0970. The number of rotatable bonds is 3. The topological polar surface area (TPSA) is 108 Å². The third kappa shape index (κ3) is 3.29. The highest BCUT2D eigenvalue weighted by Crippen LogP contribution is 2.28. The molecule has 1 atom stereocenters. The molecule has 2 aliphatic heterocycles. The highest BCUT2D eigenvalue weighted by molar-refractivity contribution is 5.75. The van der Waals surface area contributed by atoms with Crippen molar-refractivity contribution in [3.63, 3.8) is 0 Å². The predicted octanol–water partition coefficient (Wildman–Crippen LogP) is 1.80. The number of likely N-dealkylation sites (tertiary alicyclic amines) is 1. The molecule has 2 fully saturated rings. The van der Waals surface area contributed by atoms with Gasteiger partial charge in [-0.1, -0.05) is 5.16 Å². The van der Waals surface area contributed by atoms with Crippen molar-refractivity contribution in [1.82, 2.24) is 20.0 Å². The molecule has 2 aromatic heterocycles. The van der Waals surface area contributed by atoms with Crippen LogP contribution in [-0.4, -0.2) is 52.2 Å². The van der Waals surface area contributed by atoms with Crippen molar-refractivity contribution in [3.05, 3.63) is 24.2 Å². The van der Waals surface area contributed by atoms with E-state index in [0.29, 0.717) is 18.3 Å². The molecule has 8 heteroatoms. The van der Waals surface area contributed by atoms with Crippen molar-refractivity contribution in [2.45, 2.75) is 31.6 Å². The largest absolute Gasteiger partial charge is 0.370 e. The van der Waals surface area contributed by atoms with Crippen LogP contribution in [0.5, 0.6) is 0 Å². The Morgan fingerprint density at radius 2 is 2.04 bits per heavy atom. The molecule has 132 valence electrons. The van der Waals surface area contributed by atoms with E-state index in [1.54, 1.807) is 0 Å². The molecule has 25 heavy (non-hydrogen) atoms. The zero-order valence-corrected chi connectivity index (χ0v) is 14.2. The number of nitrogens with two attached hydrogens (primary N) is 1. The Morgan fingerprint density at radius 3 is 2.72 bits per heavy atom. The first kappa shape index (κ1) is 15.9. The summed E-state index contributed by atoms with van der Waals surface area (Å²) in [7, 11) is 0. The second-order valence-corrected chi connectivity index (χ2v) is 6.73. The minimum absolute atomic E-state index is 0.0970. The normalized spacial score (nSPS) is 20.9. The molecule has 2 saturated heterocycles. The summed E-state index contributed by atoms with van der Waals surface area (Å²) in [5.41, 5.74) is 6.40. The summed E-state index contributed by atoms with van der Waals surface area (Å²) in [5.74, 6) is 2.42. The van der Waals surface area contributed by atoms with E-state index in [4.69, 9.17) is 15.7 Å². The van der Waals surface area contributed by atoms with Crippen molar-refractivity contribution in [2.24, 2.45) is 5.73 Å². The van der Waals surface area contributed by atoms with Crippen LogP contribution >= 0.6 is 0 Å². The van der Waals surface area contributed by atoms with Crippen molar-refractivity contribution in [2.75, 3.05) is 31.1 Å². The second-order valence-electron chi connectivity index (χ2n) is 6.73. The zero-order valence-electron chi connectivity index (χ0n) is 14.2. The molecule has 0 bridgehead atoms. The molecule has 4 rings (SSSR count). The number of aromatic nitrogens is 3. The zero-order chi connectivity index (χ0) is 17.2. The number of guanidine groups is 1. The molecule has 2 aromatic rings. The van der Waals surface area contributed by atoms with Gasteiger partial charge in [0.2, 0.25) is 11.7 Å². The summed E-state index contributed by atoms with van der Waals surface area (Å²) in [6.07, 6.45) is 6.46. The Hall–Kier alpha value is -2.64. The second kappa shape index (κ2) is 6.70. The summed E-state index contributed by atoms with van der Waals surface area (Å²) in [6.45, 7) is 3.56. The Kier molecular flexibility index (Phi) is 4.25. The number of anilines is 1. The molecule has 8 nitrogen and oxygen atoms in total. The Labute approximate surface area is 146 Å². The van der Waals surface area contributed by atoms with Crippen molar-refractivity contribution >= 4 is 11.8 Å². The van der Waals surface area contributed by atoms with Gasteiger partial charge in [-0.05, 0) is 37.8 Å². The van der Waals surface area contributed by atoms with Crippen LogP contribution in [0.15, 0.2) is 22.9 Å². The van der Waals surface area contributed by atoms with Gasteiger partial charge in [-0.2, -0.15) is 4.98 Å². The maximum absolute atomic E-state index is 7.51. The highest BCUT2D eigenvalue weighted by atomic mass is 16.5. The van der Waals surface area contributed by atoms with Gasteiger partial charge in [0.05, 0.1) is 5.92 Å². The molecule has 4 heterocycles. The van der Waals surface area contributed by atoms with Gasteiger partial charge in [-0.3, -0.25) is 5.41 Å². The standard InChI is InChI=1S/C17H23N7O/c18-17(19)24-9-6-13(11-24)16-21-15(22-25-16)12-4-5-14(20-10-12)23-7-2-1-3-8-23/h4-5,10,13H,1-3,6-9,11H2,(H3,18,19). The first-order valence-electron chi connectivity index (χ1n) is 8.84. The van der Waals surface area contributed by atoms with E-state index < -0.39 is 0 Å². The number of piperidine rings is 1. The van der Waals surface area contributed by atoms with Crippen LogP contribution in [0.2, 0.25) is 0 Å². The molecule has 0 radical (unpaired) electrons. The van der Waals surface area contributed by atoms with Gasteiger partial charge < -0.3 is 20.1 Å². The van der Waals surface area contributed by atoms with Crippen molar-refractivity contribution in [1.29, 1.82) is 5.41 Å². The minimum Gasteiger partial charge on any atom is -0.370 e. The van der Waals surface area contributed by atoms with Gasteiger partial charge in [0.1, 0.15) is 5.82 Å². The van der Waals surface area contributed by atoms with Crippen LogP contribution in [0.25, 0.3) is 11.4 Å². The molecule has 0 aliphatic carbocycles. The van der Waals surface area contributed by atoms with E-state index in [0.717, 1.165) is 37.4 Å². The smallest absolute Gasteiger partial charge is 0.231 e. The summed E-state index contributed by atoms with van der Waals surface area (Å²) < 4.78 is 5.44. The average Bonchev–Trinajstić information content (AvgIpc) is 3.32. The number of hydrogen-bond acceptors (Lipinski definition) is 6. The Morgan fingerprint density at radius 1 is 1.20 bits per heavy atom. The van der Waals surface area contributed by atoms with Crippen LogP contribution in [0.3, 0.4) is 0 Å². The van der Waals surface area contributed by atoms with Crippen molar-refractivity contribution in [3.8, 4) is 11.4 Å². The van der Waals surface area contributed by atoms with Gasteiger partial charge >= 0.3 is 0 Å². The van der Waals surface area contributed by atoms with E-state index in [2.05, 4.69) is 20.0 Å². The molecule has 0 spiro atoms. The molecule has 1 unspecified atom stereocenters. The quantitative estimate of drug-likeness (QED) is 0.647. The molecule has 2 aliphatic rings. The van der Waals surface area contributed by atoms with Crippen LogP contribution in [-0.2, 0) is 0 Å². The van der Waals surface area contributed by atoms with Gasteiger partial charge in [0.15, 0.2) is 5.96 Å². The summed E-state index contributed by atoms with van der Waals surface area (Å²) in [6, 6.07) is 4.03. The number of nitrogens with zero attached hydrogens (tertiary/aromatic N) is 5. The fourth-order valence-corrected chi connectivity index (χ4v) is 3.53. The van der Waals surface area contributed by atoms with Gasteiger partial charge in [-0.15, -0.1) is 0 Å². The lowest BCUT2D eigenvalue weighted by molar-refractivity contribution is 0.354. The van der Waals surface area contributed by atoms with Crippen molar-refractivity contribution < 1.29 is 4.52 Å². The number of pyridine rings is 1. The van der Waals surface area contributed by atoms with E-state index in [9.17, 15) is 0 Å². The molecule has 0 saturated carbocycles. The molecule has 0 aromatic carbocycles. The third-order valence-electron chi connectivity index (χ3n) is 5.01. The lowest BCUT2D eigenvalue weighted by Gasteiger charge is -2.27. The predicted molar refractivity (Wildman–Crippen MR) is 94.4 cm³/mol. The fourth-order valence-electron chi connectivity index (χ4n) is 3.53. The lowest BCUT2D eigenvalue weighted by atomic mass is 10.1. The first-order valence-corrected chi connectivity index (χ1v) is 8.84. The number of hydrogen-bond donors (Lipinski definition) is 2. The maximum Gasteiger partial charge on any atom is 0.231 e. The Bertz CT molecular complexity index is 736. The van der Waals surface area contributed by atoms with E-state index >= 15 is 0 Å². The molecular formula is C17H23N7O.